The van der Waals surface area contributed by atoms with Crippen LogP contribution >= 0.6 is 0 Å². The number of carbonyl (C=O) groups excluding carboxylic acids is 1. The summed E-state index contributed by atoms with van der Waals surface area (Å²) in [6.07, 6.45) is 2.23. The molecule has 3 rings (SSSR count). The fourth-order valence-electron chi connectivity index (χ4n) is 3.29. The number of nitrogens with one attached hydrogen (secondary N) is 1. The summed E-state index contributed by atoms with van der Waals surface area (Å²) >= 11 is 0. The topological polar surface area (TPSA) is 41.6 Å². The summed E-state index contributed by atoms with van der Waals surface area (Å²) in [6.45, 7) is 3.88. The quantitative estimate of drug-likeness (QED) is 0.877. The van der Waals surface area contributed by atoms with E-state index in [2.05, 4.69) is 34.5 Å². The summed E-state index contributed by atoms with van der Waals surface area (Å²) < 4.78 is 5.57. The highest BCUT2D eigenvalue weighted by Crippen LogP contribution is 2.31. The Morgan fingerprint density at radius 1 is 1.17 bits per heavy atom. The lowest BCUT2D eigenvalue weighted by molar-refractivity contribution is -0.117. The largest absolute Gasteiger partial charge is 0.492 e. The average molecular weight is 324 g/mol. The highest BCUT2D eigenvalue weighted by molar-refractivity contribution is 5.93. The predicted octanol–water partition coefficient (Wildman–Crippen LogP) is 3.86. The van der Waals surface area contributed by atoms with Gasteiger partial charge in [-0.15, -0.1) is 0 Å². The van der Waals surface area contributed by atoms with E-state index < -0.39 is 0 Å². The van der Waals surface area contributed by atoms with E-state index in [1.54, 1.807) is 0 Å². The van der Waals surface area contributed by atoms with Crippen LogP contribution < -0.4 is 10.1 Å². The molecule has 24 heavy (non-hydrogen) atoms. The van der Waals surface area contributed by atoms with Crippen LogP contribution in [-0.2, 0) is 4.79 Å². The van der Waals surface area contributed by atoms with Crippen molar-refractivity contribution in [3.05, 3.63) is 60.2 Å². The third kappa shape index (κ3) is 3.95. The monoisotopic (exact) mass is 324 g/mol. The van der Waals surface area contributed by atoms with Gasteiger partial charge in [0.1, 0.15) is 5.75 Å². The van der Waals surface area contributed by atoms with Gasteiger partial charge in [0.15, 0.2) is 0 Å². The Labute approximate surface area is 143 Å². The number of hydrogen-bond acceptors (Lipinski definition) is 3. The molecule has 1 aliphatic rings. The Kier molecular flexibility index (Phi) is 5.49. The molecular weight excluding hydrogens is 300 g/mol. The summed E-state index contributed by atoms with van der Waals surface area (Å²) in [4.78, 5) is 14.8. The second-order valence-corrected chi connectivity index (χ2v) is 6.02. The molecule has 1 heterocycles. The van der Waals surface area contributed by atoms with E-state index in [9.17, 15) is 4.79 Å². The summed E-state index contributed by atoms with van der Waals surface area (Å²) in [5, 5.41) is 2.99. The molecule has 4 nitrogen and oxygen atoms in total. The van der Waals surface area contributed by atoms with E-state index >= 15 is 0 Å². The van der Waals surface area contributed by atoms with E-state index in [1.165, 1.54) is 5.56 Å². The lowest BCUT2D eigenvalue weighted by Gasteiger charge is -2.24. The number of rotatable bonds is 6. The van der Waals surface area contributed by atoms with Crippen molar-refractivity contribution in [2.75, 3.05) is 25.0 Å². The number of nitrogens with zero attached hydrogens (tertiary/aromatic N) is 1. The second kappa shape index (κ2) is 7.97. The molecule has 0 radical (unpaired) electrons. The Morgan fingerprint density at radius 3 is 2.71 bits per heavy atom. The van der Waals surface area contributed by atoms with Gasteiger partial charge in [0, 0.05) is 6.04 Å². The summed E-state index contributed by atoms with van der Waals surface area (Å²) in [7, 11) is 0. The molecule has 1 unspecified atom stereocenters. The molecular formula is C20H24N2O2. The van der Waals surface area contributed by atoms with Crippen molar-refractivity contribution in [3.63, 3.8) is 0 Å². The molecule has 0 spiro atoms. The first kappa shape index (κ1) is 16.5. The van der Waals surface area contributed by atoms with Crippen LogP contribution in [0.1, 0.15) is 31.4 Å². The minimum atomic E-state index is 0.00461. The van der Waals surface area contributed by atoms with Crippen molar-refractivity contribution in [1.82, 2.24) is 4.90 Å². The molecule has 1 N–H and O–H groups in total. The Balaban J connectivity index is 1.64. The third-order valence-corrected chi connectivity index (χ3v) is 4.36. The zero-order chi connectivity index (χ0) is 16.8. The maximum Gasteiger partial charge on any atom is 0.238 e. The number of benzene rings is 2. The Bertz CT molecular complexity index is 672. The molecule has 1 fully saturated rings. The van der Waals surface area contributed by atoms with Gasteiger partial charge in [-0.2, -0.15) is 0 Å². The van der Waals surface area contributed by atoms with Gasteiger partial charge in [0.05, 0.1) is 18.8 Å². The number of ether oxygens (including phenoxy) is 1. The van der Waals surface area contributed by atoms with E-state index in [-0.39, 0.29) is 5.91 Å². The highest BCUT2D eigenvalue weighted by Gasteiger charge is 2.27. The van der Waals surface area contributed by atoms with Crippen molar-refractivity contribution in [2.45, 2.75) is 25.8 Å². The molecule has 0 aromatic heterocycles. The smallest absolute Gasteiger partial charge is 0.238 e. The number of carbonyl (C=O) groups is 1. The van der Waals surface area contributed by atoms with Gasteiger partial charge in [-0.1, -0.05) is 42.5 Å². The number of para-hydroxylation sites is 2. The van der Waals surface area contributed by atoms with Crippen LogP contribution in [0.3, 0.4) is 0 Å². The molecule has 0 bridgehead atoms. The minimum absolute atomic E-state index is 0.00461. The first-order valence-electron chi connectivity index (χ1n) is 8.58. The maximum absolute atomic E-state index is 12.5. The van der Waals surface area contributed by atoms with Gasteiger partial charge in [0.2, 0.25) is 5.91 Å². The Hall–Kier alpha value is -2.33. The number of likely N-dealkylation sites (tertiary alicyclic amines) is 1. The van der Waals surface area contributed by atoms with Crippen molar-refractivity contribution in [2.24, 2.45) is 0 Å². The van der Waals surface area contributed by atoms with Crippen molar-refractivity contribution < 1.29 is 9.53 Å². The number of amides is 1. The van der Waals surface area contributed by atoms with Crippen LogP contribution in [0.5, 0.6) is 5.75 Å². The van der Waals surface area contributed by atoms with Crippen molar-refractivity contribution in [1.29, 1.82) is 0 Å². The maximum atomic E-state index is 12.5. The molecule has 126 valence electrons. The van der Waals surface area contributed by atoms with Crippen LogP contribution in [0.15, 0.2) is 54.6 Å². The number of anilines is 1. The first-order chi connectivity index (χ1) is 11.8. The molecule has 1 saturated heterocycles. The molecule has 4 heteroatoms. The van der Waals surface area contributed by atoms with Gasteiger partial charge in [-0.25, -0.2) is 0 Å². The van der Waals surface area contributed by atoms with Crippen LogP contribution in [0.2, 0.25) is 0 Å². The van der Waals surface area contributed by atoms with Gasteiger partial charge in [0.25, 0.3) is 0 Å². The third-order valence-electron chi connectivity index (χ3n) is 4.36. The van der Waals surface area contributed by atoms with E-state index in [4.69, 9.17) is 4.74 Å². The first-order valence-corrected chi connectivity index (χ1v) is 8.58. The van der Waals surface area contributed by atoms with E-state index in [0.717, 1.165) is 30.8 Å². The number of hydrogen-bond donors (Lipinski definition) is 1. The van der Waals surface area contributed by atoms with Crippen LogP contribution in [0.25, 0.3) is 0 Å². The van der Waals surface area contributed by atoms with Crippen LogP contribution in [-0.4, -0.2) is 30.5 Å². The minimum Gasteiger partial charge on any atom is -0.492 e. The predicted molar refractivity (Wildman–Crippen MR) is 96.2 cm³/mol. The Morgan fingerprint density at radius 2 is 1.92 bits per heavy atom. The van der Waals surface area contributed by atoms with Gasteiger partial charge >= 0.3 is 0 Å². The van der Waals surface area contributed by atoms with Gasteiger partial charge < -0.3 is 10.1 Å². The fourth-order valence-corrected chi connectivity index (χ4v) is 3.29. The fraction of sp³-hybridized carbons (Fsp3) is 0.350. The average Bonchev–Trinajstić information content (AvgIpc) is 3.05. The second-order valence-electron chi connectivity index (χ2n) is 6.02. The molecule has 0 aliphatic carbocycles. The molecule has 2 aromatic rings. The summed E-state index contributed by atoms with van der Waals surface area (Å²) in [6, 6.07) is 18.3. The summed E-state index contributed by atoms with van der Waals surface area (Å²) in [5.41, 5.74) is 2.03. The van der Waals surface area contributed by atoms with Gasteiger partial charge in [-0.05, 0) is 44.0 Å². The van der Waals surface area contributed by atoms with Crippen LogP contribution in [0.4, 0.5) is 5.69 Å². The molecule has 2 aromatic carbocycles. The van der Waals surface area contributed by atoms with Crippen molar-refractivity contribution >= 4 is 11.6 Å². The normalized spacial score (nSPS) is 17.6. The SMILES string of the molecule is CCOc1ccccc1NC(=O)CN1CCCC1c1ccccc1. The molecule has 1 atom stereocenters. The lowest BCUT2D eigenvalue weighted by atomic mass is 10.0. The van der Waals surface area contributed by atoms with Crippen LogP contribution in [0, 0.1) is 0 Å². The van der Waals surface area contributed by atoms with Crippen molar-refractivity contribution in [3.8, 4) is 5.75 Å². The zero-order valence-electron chi connectivity index (χ0n) is 14.1. The molecule has 1 amide bonds. The lowest BCUT2D eigenvalue weighted by Crippen LogP contribution is -2.33. The highest BCUT2D eigenvalue weighted by atomic mass is 16.5. The molecule has 0 saturated carbocycles. The molecule has 1 aliphatic heterocycles. The van der Waals surface area contributed by atoms with Gasteiger partial charge in [-0.3, -0.25) is 9.69 Å². The summed E-state index contributed by atoms with van der Waals surface area (Å²) in [5.74, 6) is 0.722. The zero-order valence-corrected chi connectivity index (χ0v) is 14.1. The van der Waals surface area contributed by atoms with E-state index in [1.807, 2.05) is 37.3 Å². The van der Waals surface area contributed by atoms with E-state index in [0.29, 0.717) is 19.2 Å². The standard InChI is InChI=1S/C20H24N2O2/c1-2-24-19-13-7-6-11-17(19)21-20(23)15-22-14-8-12-18(22)16-9-4-3-5-10-16/h3-7,9-11,13,18H,2,8,12,14-15H2,1H3,(H,21,23).